The van der Waals surface area contributed by atoms with Crippen molar-refractivity contribution in [2.45, 2.75) is 12.8 Å². The fraction of sp³-hybridized carbons (Fsp3) is 0.455. The molecule has 0 aliphatic rings. The Bertz CT molecular complexity index is 496. The van der Waals surface area contributed by atoms with Crippen LogP contribution in [0.4, 0.5) is 0 Å². The lowest BCUT2D eigenvalue weighted by Gasteiger charge is -2.05. The first kappa shape index (κ1) is 13.6. The second kappa shape index (κ2) is 5.77. The highest BCUT2D eigenvalue weighted by Crippen LogP contribution is 2.16. The van der Waals surface area contributed by atoms with E-state index in [4.69, 9.17) is 4.74 Å². The molecule has 1 rings (SSSR count). The third-order valence-corrected chi connectivity index (χ3v) is 3.21. The second-order valence-electron chi connectivity index (χ2n) is 3.72. The summed E-state index contributed by atoms with van der Waals surface area (Å²) in [6.45, 7) is 0. The summed E-state index contributed by atoms with van der Waals surface area (Å²) >= 11 is 0. The van der Waals surface area contributed by atoms with E-state index < -0.39 is 9.84 Å². The largest absolute Gasteiger partial charge is 0.480 e. The zero-order chi connectivity index (χ0) is 12.9. The van der Waals surface area contributed by atoms with Gasteiger partial charge in [0.25, 0.3) is 0 Å². The summed E-state index contributed by atoms with van der Waals surface area (Å²) in [6.07, 6.45) is 3.18. The van der Waals surface area contributed by atoms with Crippen molar-refractivity contribution in [1.82, 2.24) is 4.98 Å². The van der Waals surface area contributed by atoms with Crippen molar-refractivity contribution in [3.63, 3.8) is 0 Å². The molecule has 0 fully saturated rings. The van der Waals surface area contributed by atoms with Crippen LogP contribution in [-0.4, -0.2) is 38.3 Å². The van der Waals surface area contributed by atoms with Crippen LogP contribution < -0.4 is 4.74 Å². The van der Waals surface area contributed by atoms with E-state index in [1.165, 1.54) is 13.3 Å². The average Bonchev–Trinajstić information content (AvgIpc) is 2.27. The number of Topliss-reactive ketones (excluding diaryl/α,β-unsaturated/α-hetero) is 1. The minimum absolute atomic E-state index is 0.0152. The minimum Gasteiger partial charge on any atom is -0.480 e. The Morgan fingerprint density at radius 3 is 2.76 bits per heavy atom. The van der Waals surface area contributed by atoms with Crippen LogP contribution in [0.25, 0.3) is 0 Å². The van der Waals surface area contributed by atoms with Crippen molar-refractivity contribution in [2.75, 3.05) is 19.1 Å². The molecule has 1 heterocycles. The van der Waals surface area contributed by atoms with Crippen molar-refractivity contribution in [2.24, 2.45) is 0 Å². The zero-order valence-corrected chi connectivity index (χ0v) is 10.7. The first-order chi connectivity index (χ1) is 7.94. The Hall–Kier alpha value is -1.43. The smallest absolute Gasteiger partial charge is 0.224 e. The quantitative estimate of drug-likeness (QED) is 0.713. The van der Waals surface area contributed by atoms with E-state index in [2.05, 4.69) is 4.98 Å². The van der Waals surface area contributed by atoms with Gasteiger partial charge in [-0.2, -0.15) is 0 Å². The second-order valence-corrected chi connectivity index (χ2v) is 5.98. The Morgan fingerprint density at radius 2 is 2.18 bits per heavy atom. The molecule has 1 aromatic heterocycles. The molecule has 0 saturated carbocycles. The van der Waals surface area contributed by atoms with Crippen molar-refractivity contribution in [3.05, 3.63) is 23.9 Å². The number of nitrogens with zero attached hydrogens (tertiary/aromatic N) is 1. The maximum Gasteiger partial charge on any atom is 0.224 e. The summed E-state index contributed by atoms with van der Waals surface area (Å²) in [6, 6.07) is 3.26. The van der Waals surface area contributed by atoms with E-state index in [0.29, 0.717) is 12.0 Å². The predicted molar refractivity (Wildman–Crippen MR) is 64.1 cm³/mol. The van der Waals surface area contributed by atoms with Gasteiger partial charge in [0.1, 0.15) is 9.84 Å². The molecule has 94 valence electrons. The highest BCUT2D eigenvalue weighted by atomic mass is 32.2. The van der Waals surface area contributed by atoms with Gasteiger partial charge >= 0.3 is 0 Å². The van der Waals surface area contributed by atoms with Gasteiger partial charge in [0.15, 0.2) is 5.78 Å². The van der Waals surface area contributed by atoms with Crippen molar-refractivity contribution < 1.29 is 17.9 Å². The molecule has 1 aromatic rings. The molecule has 0 radical (unpaired) electrons. The number of carbonyl (C=O) groups is 1. The summed E-state index contributed by atoms with van der Waals surface area (Å²) in [4.78, 5) is 15.7. The van der Waals surface area contributed by atoms with Gasteiger partial charge in [-0.3, -0.25) is 4.79 Å². The number of ketones is 1. The van der Waals surface area contributed by atoms with Gasteiger partial charge in [-0.05, 0) is 18.6 Å². The van der Waals surface area contributed by atoms with Gasteiger partial charge < -0.3 is 4.74 Å². The number of aromatic nitrogens is 1. The van der Waals surface area contributed by atoms with Crippen LogP contribution in [0.2, 0.25) is 0 Å². The molecule has 0 aromatic carbocycles. The minimum atomic E-state index is -3.02. The van der Waals surface area contributed by atoms with E-state index >= 15 is 0 Å². The molecule has 6 heteroatoms. The first-order valence-electron chi connectivity index (χ1n) is 5.14. The molecule has 5 nitrogen and oxygen atoms in total. The molecule has 0 aliphatic heterocycles. The fourth-order valence-electron chi connectivity index (χ4n) is 1.40. The maximum absolute atomic E-state index is 11.8. The summed E-state index contributed by atoms with van der Waals surface area (Å²) in [5, 5.41) is 0. The number of rotatable bonds is 6. The topological polar surface area (TPSA) is 73.3 Å². The Balaban J connectivity index is 2.64. The highest BCUT2D eigenvalue weighted by molar-refractivity contribution is 7.90. The van der Waals surface area contributed by atoms with Crippen molar-refractivity contribution in [3.8, 4) is 5.88 Å². The third-order valence-electron chi connectivity index (χ3n) is 2.18. The zero-order valence-electron chi connectivity index (χ0n) is 9.84. The lowest BCUT2D eigenvalue weighted by Crippen LogP contribution is -2.08. The van der Waals surface area contributed by atoms with E-state index in [1.54, 1.807) is 12.1 Å². The van der Waals surface area contributed by atoms with Crippen molar-refractivity contribution >= 4 is 15.6 Å². The molecule has 0 aliphatic carbocycles. The Morgan fingerprint density at radius 1 is 1.47 bits per heavy atom. The number of hydrogen-bond donors (Lipinski definition) is 0. The Kier molecular flexibility index (Phi) is 4.62. The van der Waals surface area contributed by atoms with Crippen LogP contribution in [0.15, 0.2) is 18.3 Å². The molecule has 0 unspecified atom stereocenters. The molecule has 0 atom stereocenters. The van der Waals surface area contributed by atoms with E-state index in [1.807, 2.05) is 0 Å². The molecule has 0 N–H and O–H groups in total. The number of methoxy groups -OCH3 is 1. The maximum atomic E-state index is 11.8. The van der Waals surface area contributed by atoms with Gasteiger partial charge in [0.2, 0.25) is 5.88 Å². The summed E-state index contributed by atoms with van der Waals surface area (Å²) in [5.74, 6) is 0.136. The standard InChI is InChI=1S/C11H15NO4S/c1-16-11-9(5-3-7-12-11)10(13)6-4-8-17(2,14)15/h3,5,7H,4,6,8H2,1-2H3. The normalized spacial score (nSPS) is 11.2. The summed E-state index contributed by atoms with van der Waals surface area (Å²) in [5.41, 5.74) is 0.392. The number of carbonyl (C=O) groups excluding carboxylic acids is 1. The van der Waals surface area contributed by atoms with Gasteiger partial charge in [0, 0.05) is 18.9 Å². The fourth-order valence-corrected chi connectivity index (χ4v) is 2.06. The van der Waals surface area contributed by atoms with Crippen LogP contribution in [0, 0.1) is 0 Å². The molecule has 0 amide bonds. The highest BCUT2D eigenvalue weighted by Gasteiger charge is 2.13. The first-order valence-corrected chi connectivity index (χ1v) is 7.20. The van der Waals surface area contributed by atoms with Crippen LogP contribution >= 0.6 is 0 Å². The summed E-state index contributed by atoms with van der Waals surface area (Å²) in [7, 11) is -1.58. The van der Waals surface area contributed by atoms with Gasteiger partial charge in [-0.1, -0.05) is 0 Å². The van der Waals surface area contributed by atoms with Gasteiger partial charge in [-0.15, -0.1) is 0 Å². The molecule has 0 bridgehead atoms. The molecule has 0 spiro atoms. The molecular weight excluding hydrogens is 242 g/mol. The number of hydrogen-bond acceptors (Lipinski definition) is 5. The molecule has 17 heavy (non-hydrogen) atoms. The van der Waals surface area contributed by atoms with Crippen molar-refractivity contribution in [1.29, 1.82) is 0 Å². The van der Waals surface area contributed by atoms with Gasteiger partial charge in [-0.25, -0.2) is 13.4 Å². The van der Waals surface area contributed by atoms with E-state index in [0.717, 1.165) is 6.26 Å². The average molecular weight is 257 g/mol. The predicted octanol–water partition coefficient (Wildman–Crippen LogP) is 1.10. The number of ether oxygens (including phenoxy) is 1. The number of pyridine rings is 1. The lowest BCUT2D eigenvalue weighted by atomic mass is 10.1. The molecule has 0 saturated heterocycles. The Labute approximate surface area is 101 Å². The molecular formula is C11H15NO4S. The monoisotopic (exact) mass is 257 g/mol. The summed E-state index contributed by atoms with van der Waals surface area (Å²) < 4.78 is 26.8. The number of sulfone groups is 1. The van der Waals surface area contributed by atoms with E-state index in [-0.39, 0.29) is 23.8 Å². The third kappa shape index (κ3) is 4.52. The van der Waals surface area contributed by atoms with Crippen LogP contribution in [0.5, 0.6) is 5.88 Å². The van der Waals surface area contributed by atoms with Crippen LogP contribution in [0.1, 0.15) is 23.2 Å². The van der Waals surface area contributed by atoms with Crippen LogP contribution in [0.3, 0.4) is 0 Å². The van der Waals surface area contributed by atoms with E-state index in [9.17, 15) is 13.2 Å². The van der Waals surface area contributed by atoms with Gasteiger partial charge in [0.05, 0.1) is 18.4 Å². The lowest BCUT2D eigenvalue weighted by molar-refractivity contribution is 0.0978. The SMILES string of the molecule is COc1ncccc1C(=O)CCCS(C)(=O)=O. The van der Waals surface area contributed by atoms with Crippen LogP contribution in [-0.2, 0) is 9.84 Å².